The van der Waals surface area contributed by atoms with Gasteiger partial charge in [-0.05, 0) is 49.1 Å². The van der Waals surface area contributed by atoms with Crippen molar-refractivity contribution in [3.63, 3.8) is 0 Å². The maximum atomic E-state index is 14.7. The molecule has 16 heteroatoms. The molecule has 1 amide bonds. The number of halogens is 8. The van der Waals surface area contributed by atoms with E-state index in [1.54, 1.807) is 0 Å². The molecule has 0 bridgehead atoms. The highest BCUT2D eigenvalue weighted by atomic mass is 32.2. The number of rotatable bonds is 6. The van der Waals surface area contributed by atoms with Crippen LogP contribution in [0.1, 0.15) is 30.4 Å². The number of hydrogen-bond donors (Lipinski definition) is 0. The number of amides is 1. The predicted octanol–water partition coefficient (Wildman–Crippen LogP) is 5.40. The van der Waals surface area contributed by atoms with Gasteiger partial charge in [0, 0.05) is 18.7 Å². The van der Waals surface area contributed by atoms with Gasteiger partial charge in [0.05, 0.1) is 21.8 Å². The van der Waals surface area contributed by atoms with Gasteiger partial charge in [-0.2, -0.15) is 26.3 Å². The molecule has 0 N–H and O–H groups in total. The van der Waals surface area contributed by atoms with Crippen molar-refractivity contribution >= 4 is 25.6 Å². The highest BCUT2D eigenvalue weighted by Gasteiger charge is 2.73. The van der Waals surface area contributed by atoms with Crippen molar-refractivity contribution in [1.29, 1.82) is 0 Å². The van der Waals surface area contributed by atoms with Crippen LogP contribution < -0.4 is 0 Å². The molecule has 2 saturated heterocycles. The van der Waals surface area contributed by atoms with E-state index in [1.165, 1.54) is 6.08 Å². The first-order valence-electron chi connectivity index (χ1n) is 12.7. The molecule has 0 aromatic heterocycles. The highest BCUT2D eigenvalue weighted by molar-refractivity contribution is 7.92. The standard InChI is InChI=1S/C27H25F8NO5S2/c1-2-23(12-15-42(38,39)16-13-23)22(37)36-14-11-24(17-36,43(40,41)21-9-7-20(28)8-10-21)18-3-5-19(6-4-18)25(29,26(30,31)32)27(33,34)35/h2-10H,1,11-17H2/t24-/m0/s1. The molecule has 6 nitrogen and oxygen atoms in total. The molecule has 2 fully saturated rings. The normalized spacial score (nSPS) is 22.7. The zero-order chi connectivity index (χ0) is 32.3. The van der Waals surface area contributed by atoms with E-state index in [9.17, 15) is 56.8 Å². The fourth-order valence-corrected chi connectivity index (χ4v) is 9.25. The molecule has 2 aromatic carbocycles. The number of likely N-dealkylation sites (tertiary alicyclic amines) is 1. The number of benzene rings is 2. The molecule has 2 aliphatic heterocycles. The van der Waals surface area contributed by atoms with Crippen LogP contribution in [-0.2, 0) is 34.9 Å². The van der Waals surface area contributed by atoms with Crippen molar-refractivity contribution in [3.05, 3.63) is 78.1 Å². The Hall–Kier alpha value is -3.01. The monoisotopic (exact) mass is 659 g/mol. The van der Waals surface area contributed by atoms with E-state index >= 15 is 0 Å². The Morgan fingerprint density at radius 3 is 1.84 bits per heavy atom. The molecular weight excluding hydrogens is 634 g/mol. The molecule has 236 valence electrons. The second kappa shape index (κ2) is 10.6. The van der Waals surface area contributed by atoms with E-state index in [1.807, 2.05) is 0 Å². The number of nitrogens with zero attached hydrogens (tertiary/aromatic N) is 1. The van der Waals surface area contributed by atoms with Crippen LogP contribution in [0.3, 0.4) is 0 Å². The minimum atomic E-state index is -6.40. The Morgan fingerprint density at radius 2 is 1.37 bits per heavy atom. The van der Waals surface area contributed by atoms with E-state index in [4.69, 9.17) is 0 Å². The Bertz CT molecular complexity index is 1590. The average Bonchev–Trinajstić information content (AvgIpc) is 3.39. The first-order chi connectivity index (χ1) is 19.7. The zero-order valence-electron chi connectivity index (χ0n) is 22.2. The highest BCUT2D eigenvalue weighted by Crippen LogP contribution is 2.54. The number of hydrogen-bond acceptors (Lipinski definition) is 5. The van der Waals surface area contributed by atoms with Gasteiger partial charge in [-0.25, -0.2) is 25.6 Å². The lowest BCUT2D eigenvalue weighted by atomic mass is 9.80. The number of alkyl halides is 7. The van der Waals surface area contributed by atoms with Crippen LogP contribution in [0, 0.1) is 11.2 Å². The van der Waals surface area contributed by atoms with E-state index in [0.717, 1.165) is 29.2 Å². The summed E-state index contributed by atoms with van der Waals surface area (Å²) in [5, 5.41) is 0. The van der Waals surface area contributed by atoms with Crippen LogP contribution in [-0.4, -0.2) is 64.6 Å². The number of sulfone groups is 2. The summed E-state index contributed by atoms with van der Waals surface area (Å²) in [6.45, 7) is 2.77. The molecule has 2 aromatic rings. The largest absolute Gasteiger partial charge is 0.435 e. The van der Waals surface area contributed by atoms with Crippen LogP contribution in [0.25, 0.3) is 0 Å². The van der Waals surface area contributed by atoms with Gasteiger partial charge in [-0.3, -0.25) is 4.79 Å². The van der Waals surface area contributed by atoms with Gasteiger partial charge in [0.2, 0.25) is 5.91 Å². The molecule has 0 unspecified atom stereocenters. The maximum absolute atomic E-state index is 14.7. The summed E-state index contributed by atoms with van der Waals surface area (Å²) in [6, 6.07) is 5.16. The summed E-state index contributed by atoms with van der Waals surface area (Å²) in [5.74, 6) is -2.10. The lowest BCUT2D eigenvalue weighted by Crippen LogP contribution is -2.50. The van der Waals surface area contributed by atoms with Gasteiger partial charge in [0.15, 0.2) is 9.84 Å². The Morgan fingerprint density at radius 1 is 0.860 bits per heavy atom. The predicted molar refractivity (Wildman–Crippen MR) is 138 cm³/mol. The molecule has 0 radical (unpaired) electrons. The molecule has 43 heavy (non-hydrogen) atoms. The van der Waals surface area contributed by atoms with Crippen LogP contribution in [0.4, 0.5) is 35.1 Å². The number of carbonyl (C=O) groups is 1. The lowest BCUT2D eigenvalue weighted by Gasteiger charge is -2.37. The zero-order valence-corrected chi connectivity index (χ0v) is 23.8. The van der Waals surface area contributed by atoms with Gasteiger partial charge >= 0.3 is 18.0 Å². The quantitative estimate of drug-likeness (QED) is 0.236. The van der Waals surface area contributed by atoms with Crippen molar-refractivity contribution in [2.24, 2.45) is 5.41 Å². The van der Waals surface area contributed by atoms with Gasteiger partial charge in [0.25, 0.3) is 0 Å². The third kappa shape index (κ3) is 5.34. The summed E-state index contributed by atoms with van der Waals surface area (Å²) < 4.78 is 158. The van der Waals surface area contributed by atoms with Crippen LogP contribution in [0.5, 0.6) is 0 Å². The van der Waals surface area contributed by atoms with Gasteiger partial charge in [-0.1, -0.05) is 30.3 Å². The molecule has 0 saturated carbocycles. The van der Waals surface area contributed by atoms with Gasteiger partial charge in [0.1, 0.15) is 20.4 Å². The van der Waals surface area contributed by atoms with Crippen LogP contribution in [0.2, 0.25) is 0 Å². The molecule has 0 spiro atoms. The van der Waals surface area contributed by atoms with Crippen LogP contribution >= 0.6 is 0 Å². The van der Waals surface area contributed by atoms with E-state index in [0.29, 0.717) is 12.1 Å². The van der Waals surface area contributed by atoms with Gasteiger partial charge in [-0.15, -0.1) is 6.58 Å². The SMILES string of the molecule is C=CC1(C(=O)N2CC[C@](c3ccc(C(F)(C(F)(F)F)C(F)(F)F)cc3)(S(=O)(=O)c3ccc(F)cc3)C2)CCS(=O)(=O)CC1. The minimum absolute atomic E-state index is 0.131. The van der Waals surface area contributed by atoms with E-state index < -0.39 is 76.6 Å². The number of carbonyl (C=O) groups excluding carboxylic acids is 1. The Balaban J connectivity index is 1.82. The van der Waals surface area contributed by atoms with Crippen molar-refractivity contribution in [2.45, 2.75) is 46.9 Å². The molecule has 2 heterocycles. The summed E-state index contributed by atoms with van der Waals surface area (Å²) in [5.41, 5.74) is -9.28. The molecule has 0 aliphatic carbocycles. The first kappa shape index (κ1) is 32.9. The summed E-state index contributed by atoms with van der Waals surface area (Å²) in [6.07, 6.45) is -12.2. The fraction of sp³-hybridized carbons (Fsp3) is 0.444. The molecule has 4 rings (SSSR count). The third-order valence-corrected chi connectivity index (χ3v) is 12.4. The second-order valence-electron chi connectivity index (χ2n) is 10.7. The van der Waals surface area contributed by atoms with E-state index in [-0.39, 0.29) is 55.0 Å². The minimum Gasteiger partial charge on any atom is -0.340 e. The summed E-state index contributed by atoms with van der Waals surface area (Å²) >= 11 is 0. The molecular formula is C27H25F8NO5S2. The second-order valence-corrected chi connectivity index (χ2v) is 15.2. The summed E-state index contributed by atoms with van der Waals surface area (Å²) in [4.78, 5) is 14.4. The van der Waals surface area contributed by atoms with Crippen LogP contribution in [0.15, 0.2) is 66.1 Å². The first-order valence-corrected chi connectivity index (χ1v) is 16.0. The lowest BCUT2D eigenvalue weighted by molar-refractivity contribution is -0.348. The van der Waals surface area contributed by atoms with Crippen molar-refractivity contribution < 1.29 is 56.8 Å². The Kier molecular flexibility index (Phi) is 8.08. The summed E-state index contributed by atoms with van der Waals surface area (Å²) in [7, 11) is -8.06. The van der Waals surface area contributed by atoms with Gasteiger partial charge < -0.3 is 4.90 Å². The van der Waals surface area contributed by atoms with Crippen molar-refractivity contribution in [2.75, 3.05) is 24.6 Å². The van der Waals surface area contributed by atoms with Crippen molar-refractivity contribution in [1.82, 2.24) is 4.90 Å². The molecule has 2 aliphatic rings. The third-order valence-electron chi connectivity index (χ3n) is 8.28. The van der Waals surface area contributed by atoms with Crippen molar-refractivity contribution in [3.8, 4) is 0 Å². The maximum Gasteiger partial charge on any atom is 0.435 e. The van der Waals surface area contributed by atoms with E-state index in [2.05, 4.69) is 6.58 Å². The smallest absolute Gasteiger partial charge is 0.340 e. The molecule has 1 atom stereocenters. The topological polar surface area (TPSA) is 88.6 Å². The Labute approximate surface area is 242 Å². The average molecular weight is 660 g/mol. The fourth-order valence-electron chi connectivity index (χ4n) is 5.62.